The molecule has 3 fully saturated rings. The molecule has 7 atom stereocenters. The minimum absolute atomic E-state index is 0.200. The molecule has 4 rings (SSSR count). The van der Waals surface area contributed by atoms with Crippen molar-refractivity contribution in [3.63, 3.8) is 0 Å². The third-order valence-corrected chi connectivity index (χ3v) is 23.0. The summed E-state index contributed by atoms with van der Waals surface area (Å²) >= 11 is 0. The zero-order chi connectivity index (χ0) is 36.4. The summed E-state index contributed by atoms with van der Waals surface area (Å²) in [6.45, 7) is 28.9. The lowest BCUT2D eigenvalue weighted by molar-refractivity contribution is 0.0725. The Morgan fingerprint density at radius 1 is 0.878 bits per heavy atom. The van der Waals surface area contributed by atoms with E-state index in [1.165, 1.54) is 44.1 Å². The number of hydrogen-bond acceptors (Lipinski definition) is 4. The van der Waals surface area contributed by atoms with Crippen LogP contribution in [0.5, 0.6) is 5.75 Å². The number of aliphatic hydroxyl groups excluding tert-OH is 1. The van der Waals surface area contributed by atoms with E-state index in [0.717, 1.165) is 49.3 Å². The van der Waals surface area contributed by atoms with Crippen molar-refractivity contribution in [3.05, 3.63) is 53.1 Å². The molecule has 3 aliphatic rings. The Labute approximate surface area is 304 Å². The van der Waals surface area contributed by atoms with Crippen LogP contribution in [0.3, 0.4) is 0 Å². The van der Waals surface area contributed by atoms with E-state index in [1.807, 2.05) is 24.3 Å². The molecule has 49 heavy (non-hydrogen) atoms. The predicted octanol–water partition coefficient (Wildman–Crippen LogP) is 12.6. The Balaban J connectivity index is 1.45. The minimum Gasteiger partial charge on any atom is -0.497 e. The largest absolute Gasteiger partial charge is 0.497 e. The van der Waals surface area contributed by atoms with Gasteiger partial charge in [-0.05, 0) is 135 Å². The van der Waals surface area contributed by atoms with Gasteiger partial charge in [-0.1, -0.05) is 104 Å². The number of ether oxygens (including phenoxy) is 1. The molecule has 0 aromatic heterocycles. The van der Waals surface area contributed by atoms with Crippen molar-refractivity contribution in [1.29, 1.82) is 0 Å². The average Bonchev–Trinajstić information content (AvgIpc) is 3.36. The van der Waals surface area contributed by atoms with Gasteiger partial charge in [0.15, 0.2) is 16.6 Å². The van der Waals surface area contributed by atoms with Gasteiger partial charge in [-0.15, -0.1) is 0 Å². The molecular weight excluding hydrogens is 637 g/mol. The lowest BCUT2D eigenvalue weighted by Crippen LogP contribution is -2.48. The second-order valence-electron chi connectivity index (χ2n) is 19.5. The van der Waals surface area contributed by atoms with Gasteiger partial charge >= 0.3 is 0 Å². The second kappa shape index (κ2) is 15.8. The lowest BCUT2D eigenvalue weighted by atomic mass is 9.60. The Hall–Kier alpha value is -1.19. The molecule has 1 aromatic carbocycles. The maximum atomic E-state index is 10.9. The van der Waals surface area contributed by atoms with E-state index >= 15 is 0 Å². The van der Waals surface area contributed by atoms with Crippen molar-refractivity contribution < 1.29 is 18.7 Å². The fourth-order valence-corrected chi connectivity index (χ4v) is 11.6. The summed E-state index contributed by atoms with van der Waals surface area (Å²) in [6.07, 6.45) is 17.9. The molecular formula is C43H74O4Si2. The molecule has 0 radical (unpaired) electrons. The van der Waals surface area contributed by atoms with Crippen LogP contribution in [0.25, 0.3) is 0 Å². The van der Waals surface area contributed by atoms with Crippen LogP contribution in [0.2, 0.25) is 36.3 Å². The van der Waals surface area contributed by atoms with Crippen molar-refractivity contribution in [3.8, 4) is 5.75 Å². The van der Waals surface area contributed by atoms with E-state index in [2.05, 4.69) is 93.7 Å². The van der Waals surface area contributed by atoms with Crippen molar-refractivity contribution in [1.82, 2.24) is 0 Å². The zero-order valence-corrected chi connectivity index (χ0v) is 35.9. The van der Waals surface area contributed by atoms with Gasteiger partial charge < -0.3 is 18.7 Å². The predicted molar refractivity (Wildman–Crippen MR) is 213 cm³/mol. The summed E-state index contributed by atoms with van der Waals surface area (Å²) < 4.78 is 19.5. The molecule has 1 N–H and O–H groups in total. The van der Waals surface area contributed by atoms with Crippen LogP contribution in [0, 0.1) is 23.2 Å². The van der Waals surface area contributed by atoms with Crippen molar-refractivity contribution in [2.45, 2.75) is 181 Å². The molecule has 0 amide bonds. The van der Waals surface area contributed by atoms with Crippen LogP contribution in [0.15, 0.2) is 47.6 Å². The first kappa shape index (κ1) is 40.6. The van der Waals surface area contributed by atoms with E-state index in [1.54, 1.807) is 12.7 Å². The second-order valence-corrected chi connectivity index (χ2v) is 29.0. The van der Waals surface area contributed by atoms with Crippen LogP contribution in [-0.4, -0.2) is 41.1 Å². The fraction of sp³-hybridized carbons (Fsp3) is 0.767. The highest BCUT2D eigenvalue weighted by Gasteiger charge is 2.50. The van der Waals surface area contributed by atoms with E-state index in [0.29, 0.717) is 17.3 Å². The summed E-state index contributed by atoms with van der Waals surface area (Å²) in [6, 6.07) is 7.89. The van der Waals surface area contributed by atoms with Gasteiger partial charge in [0.2, 0.25) is 0 Å². The first-order valence-corrected chi connectivity index (χ1v) is 25.5. The summed E-state index contributed by atoms with van der Waals surface area (Å²) in [5, 5.41) is 11.2. The first-order valence-electron chi connectivity index (χ1n) is 19.7. The number of allylic oxidation sites excluding steroid dienone is 3. The summed E-state index contributed by atoms with van der Waals surface area (Å²) in [5.74, 6) is 2.96. The fourth-order valence-electron chi connectivity index (χ4n) is 8.90. The summed E-state index contributed by atoms with van der Waals surface area (Å²) in [5.41, 5.74) is 4.59. The Kier molecular flexibility index (Phi) is 13.1. The van der Waals surface area contributed by atoms with Gasteiger partial charge in [-0.2, -0.15) is 0 Å². The molecule has 0 bridgehead atoms. The Morgan fingerprint density at radius 3 is 1.98 bits per heavy atom. The number of benzene rings is 1. The Morgan fingerprint density at radius 2 is 1.45 bits per heavy atom. The summed E-state index contributed by atoms with van der Waals surface area (Å²) in [4.78, 5) is 0. The van der Waals surface area contributed by atoms with Gasteiger partial charge in [0, 0.05) is 0 Å². The highest BCUT2D eigenvalue weighted by Crippen LogP contribution is 2.60. The quantitative estimate of drug-likeness (QED) is 0.219. The number of rotatable bonds is 12. The normalized spacial score (nSPS) is 29.1. The third kappa shape index (κ3) is 9.83. The first-order chi connectivity index (χ1) is 22.7. The van der Waals surface area contributed by atoms with Crippen LogP contribution < -0.4 is 4.74 Å². The number of methoxy groups -OCH3 is 1. The summed E-state index contributed by atoms with van der Waals surface area (Å²) in [7, 11) is -2.10. The monoisotopic (exact) mass is 711 g/mol. The van der Waals surface area contributed by atoms with Crippen molar-refractivity contribution in [2.75, 3.05) is 7.11 Å². The maximum absolute atomic E-state index is 10.9. The maximum Gasteiger partial charge on any atom is 0.192 e. The molecule has 3 saturated carbocycles. The van der Waals surface area contributed by atoms with Crippen LogP contribution in [0.1, 0.15) is 138 Å². The molecule has 0 aliphatic heterocycles. The average molecular weight is 711 g/mol. The number of fused-ring (bicyclic) bond motifs is 1. The molecule has 0 heterocycles. The van der Waals surface area contributed by atoms with Crippen molar-refractivity contribution in [2.24, 2.45) is 23.2 Å². The van der Waals surface area contributed by atoms with Gasteiger partial charge in [0.25, 0.3) is 0 Å². The standard InChI is InChI=1S/C43H74O4Si2/c1-31(16-14-18-40(44)34-21-23-35(45-9)24-22-34)38-25-26-39-33(17-15-27-43(38,39)8)20-19-32-28-36(46-48(10,11)41(2,3)4)30-37(29-32)47-49(12,13)42(5,6)7/h19-24,31,36-40,44H,14-18,25-30H2,1-13H3/b33-20+/t31-,36-,37-,38-,39+,40?,43-/m1/s1. The molecule has 278 valence electrons. The van der Waals surface area contributed by atoms with E-state index in [4.69, 9.17) is 13.6 Å². The molecule has 3 aliphatic carbocycles. The van der Waals surface area contributed by atoms with E-state index in [9.17, 15) is 5.11 Å². The third-order valence-electron chi connectivity index (χ3n) is 13.9. The smallest absolute Gasteiger partial charge is 0.192 e. The van der Waals surface area contributed by atoms with E-state index < -0.39 is 22.7 Å². The van der Waals surface area contributed by atoms with Gasteiger partial charge in [0.05, 0.1) is 25.4 Å². The molecule has 0 saturated heterocycles. The van der Waals surface area contributed by atoms with E-state index in [-0.39, 0.29) is 22.3 Å². The highest BCUT2D eigenvalue weighted by molar-refractivity contribution is 6.74. The molecule has 1 aromatic rings. The van der Waals surface area contributed by atoms with Gasteiger partial charge in [-0.25, -0.2) is 0 Å². The zero-order valence-electron chi connectivity index (χ0n) is 33.9. The number of aliphatic hydroxyl groups is 1. The molecule has 0 spiro atoms. The molecule has 1 unspecified atom stereocenters. The van der Waals surface area contributed by atoms with Crippen molar-refractivity contribution >= 4 is 16.6 Å². The van der Waals surface area contributed by atoms with Crippen LogP contribution in [0.4, 0.5) is 0 Å². The van der Waals surface area contributed by atoms with Crippen LogP contribution in [-0.2, 0) is 8.85 Å². The SMILES string of the molecule is COc1ccc(C(O)CCC[C@@H](C)[C@H]2CC[C@H]3/C(=C/C=C4C[C@@H](O[Si](C)(C)C(C)(C)C)C[C@H](O[Si](C)(C)C(C)(C)C)C4)CCC[C@]23C)cc1. The highest BCUT2D eigenvalue weighted by atomic mass is 28.4. The van der Waals surface area contributed by atoms with Gasteiger partial charge in [0.1, 0.15) is 5.75 Å². The molecule has 6 heteroatoms. The lowest BCUT2D eigenvalue weighted by Gasteiger charge is -2.45. The topological polar surface area (TPSA) is 47.9 Å². The minimum atomic E-state index is -1.89. The number of hydrogen-bond donors (Lipinski definition) is 1. The van der Waals surface area contributed by atoms with Gasteiger partial charge in [-0.3, -0.25) is 0 Å². The molecule has 4 nitrogen and oxygen atoms in total. The Bertz CT molecular complexity index is 1250. The van der Waals surface area contributed by atoms with Crippen LogP contribution >= 0.6 is 0 Å².